The van der Waals surface area contributed by atoms with Crippen molar-refractivity contribution in [3.63, 3.8) is 0 Å². The number of aromatic nitrogens is 1. The summed E-state index contributed by atoms with van der Waals surface area (Å²) in [5.41, 5.74) is 2.56. The van der Waals surface area contributed by atoms with E-state index in [0.717, 1.165) is 40.8 Å². The number of hydrogen-bond acceptors (Lipinski definition) is 5. The van der Waals surface area contributed by atoms with E-state index in [-0.39, 0.29) is 12.0 Å². The summed E-state index contributed by atoms with van der Waals surface area (Å²) in [7, 11) is 0. The summed E-state index contributed by atoms with van der Waals surface area (Å²) < 4.78 is 13.0. The summed E-state index contributed by atoms with van der Waals surface area (Å²) in [6.45, 7) is 1.19. The molecule has 0 radical (unpaired) electrons. The summed E-state index contributed by atoms with van der Waals surface area (Å²) in [6.07, 6.45) is 1.93. The summed E-state index contributed by atoms with van der Waals surface area (Å²) >= 11 is 7.69. The largest absolute Gasteiger partial charge is 0.457 e. The first kappa shape index (κ1) is 20.7. The average molecular weight is 477 g/mol. The van der Waals surface area contributed by atoms with E-state index < -0.39 is 5.92 Å². The fraction of sp³-hybridized carbons (Fsp3) is 0.231. The van der Waals surface area contributed by atoms with Crippen LogP contribution in [-0.2, 0) is 9.53 Å². The van der Waals surface area contributed by atoms with Gasteiger partial charge in [0.2, 0.25) is 5.91 Å². The van der Waals surface area contributed by atoms with Crippen molar-refractivity contribution < 1.29 is 14.3 Å². The predicted octanol–water partition coefficient (Wildman–Crippen LogP) is 6.40. The monoisotopic (exact) mass is 476 g/mol. The third kappa shape index (κ3) is 3.78. The van der Waals surface area contributed by atoms with Crippen molar-refractivity contribution in [1.82, 2.24) is 4.98 Å². The number of carbonyl (C=O) groups is 1. The number of para-hydroxylation sites is 2. The first-order valence-electron chi connectivity index (χ1n) is 11.0. The van der Waals surface area contributed by atoms with Gasteiger partial charge in [-0.3, -0.25) is 9.69 Å². The Labute approximate surface area is 200 Å². The number of halogens is 1. The van der Waals surface area contributed by atoms with Crippen LogP contribution in [0.25, 0.3) is 10.2 Å². The van der Waals surface area contributed by atoms with Gasteiger partial charge in [0.25, 0.3) is 0 Å². The number of fused-ring (bicyclic) bond motifs is 3. The van der Waals surface area contributed by atoms with Crippen LogP contribution in [0.2, 0.25) is 5.02 Å². The molecule has 5 nitrogen and oxygen atoms in total. The van der Waals surface area contributed by atoms with Gasteiger partial charge in [0, 0.05) is 22.8 Å². The van der Waals surface area contributed by atoms with Gasteiger partial charge >= 0.3 is 0 Å². The van der Waals surface area contributed by atoms with E-state index in [1.165, 1.54) is 11.3 Å². The highest BCUT2D eigenvalue weighted by Crippen LogP contribution is 2.45. The number of hydrogen-bond donors (Lipinski definition) is 0. The van der Waals surface area contributed by atoms with Crippen LogP contribution in [0.1, 0.15) is 29.9 Å². The van der Waals surface area contributed by atoms with Crippen LogP contribution in [0.4, 0.5) is 5.13 Å². The second-order valence-electron chi connectivity index (χ2n) is 8.30. The number of amides is 1. The summed E-state index contributed by atoms with van der Waals surface area (Å²) in [4.78, 5) is 20.9. The lowest BCUT2D eigenvalue weighted by Gasteiger charge is -2.32. The number of thiazole rings is 1. The topological polar surface area (TPSA) is 51.7 Å². The van der Waals surface area contributed by atoms with E-state index in [9.17, 15) is 4.79 Å². The normalized spacial score (nSPS) is 17.4. The van der Waals surface area contributed by atoms with E-state index in [0.29, 0.717) is 28.2 Å². The second-order valence-corrected chi connectivity index (χ2v) is 9.75. The van der Waals surface area contributed by atoms with Crippen molar-refractivity contribution in [2.75, 3.05) is 18.1 Å². The highest BCUT2D eigenvalue weighted by molar-refractivity contribution is 7.22. The van der Waals surface area contributed by atoms with Crippen molar-refractivity contribution >= 4 is 44.2 Å². The van der Waals surface area contributed by atoms with E-state index in [4.69, 9.17) is 26.1 Å². The fourth-order valence-electron chi connectivity index (χ4n) is 4.59. The molecule has 2 aliphatic heterocycles. The van der Waals surface area contributed by atoms with Crippen molar-refractivity contribution in [1.29, 1.82) is 0 Å². The quantitative estimate of drug-likeness (QED) is 0.342. The molecular weight excluding hydrogens is 456 g/mol. The lowest BCUT2D eigenvalue weighted by atomic mass is 9.87. The van der Waals surface area contributed by atoms with E-state index in [1.54, 1.807) is 4.90 Å². The smallest absolute Gasteiger partial charge is 0.241 e. The lowest BCUT2D eigenvalue weighted by molar-refractivity contribution is -0.119. The molecule has 0 aliphatic carbocycles. The van der Waals surface area contributed by atoms with Crippen LogP contribution in [-0.4, -0.2) is 30.1 Å². The van der Waals surface area contributed by atoms with E-state index >= 15 is 0 Å². The molecule has 3 aromatic carbocycles. The van der Waals surface area contributed by atoms with E-state index in [1.807, 2.05) is 66.7 Å². The predicted molar refractivity (Wildman–Crippen MR) is 131 cm³/mol. The van der Waals surface area contributed by atoms with Gasteiger partial charge in [-0.2, -0.15) is 0 Å². The molecule has 1 atom stereocenters. The van der Waals surface area contributed by atoms with E-state index in [2.05, 4.69) is 0 Å². The van der Waals surface area contributed by atoms with Crippen molar-refractivity contribution in [3.8, 4) is 11.5 Å². The third-order valence-electron chi connectivity index (χ3n) is 6.17. The van der Waals surface area contributed by atoms with Crippen molar-refractivity contribution in [3.05, 3.63) is 82.9 Å². The Balaban J connectivity index is 1.46. The SMILES string of the molecule is O=C(C1c2ccccc2Oc2ccccc21)N(CC1CCCO1)c1nc2ccc(Cl)cc2s1. The van der Waals surface area contributed by atoms with Crippen molar-refractivity contribution in [2.24, 2.45) is 0 Å². The minimum Gasteiger partial charge on any atom is -0.457 e. The molecule has 1 fully saturated rings. The number of ether oxygens (including phenoxy) is 2. The Morgan fingerprint density at radius 1 is 1.06 bits per heavy atom. The van der Waals surface area contributed by atoms with Gasteiger partial charge in [0.15, 0.2) is 5.13 Å². The standard InChI is InChI=1S/C26H21ClN2O3S/c27-16-11-12-20-23(14-16)33-26(28-20)29(15-17-6-5-13-31-17)25(30)24-18-7-1-3-9-21(18)32-22-10-4-2-8-19(22)24/h1-4,7-12,14,17,24H,5-6,13,15H2. The molecule has 4 aromatic rings. The van der Waals surface area contributed by atoms with Gasteiger partial charge in [-0.05, 0) is 43.2 Å². The minimum absolute atomic E-state index is 0.00474. The Hall–Kier alpha value is -2.93. The average Bonchev–Trinajstić information content (AvgIpc) is 3.50. The number of carbonyl (C=O) groups excluding carboxylic acids is 1. The Morgan fingerprint density at radius 2 is 1.79 bits per heavy atom. The maximum absolute atomic E-state index is 14.3. The molecule has 33 heavy (non-hydrogen) atoms. The molecule has 1 aromatic heterocycles. The zero-order chi connectivity index (χ0) is 22.4. The van der Waals surface area contributed by atoms with Crippen LogP contribution in [0.3, 0.4) is 0 Å². The number of nitrogens with zero attached hydrogens (tertiary/aromatic N) is 2. The zero-order valence-corrected chi connectivity index (χ0v) is 19.3. The molecule has 0 N–H and O–H groups in total. The van der Waals surface area contributed by atoms with Crippen LogP contribution in [0, 0.1) is 0 Å². The van der Waals surface area contributed by atoms with Gasteiger partial charge in [-0.25, -0.2) is 4.98 Å². The van der Waals surface area contributed by atoms with Crippen LogP contribution in [0.5, 0.6) is 11.5 Å². The number of rotatable bonds is 4. The highest BCUT2D eigenvalue weighted by Gasteiger charge is 2.37. The van der Waals surface area contributed by atoms with Crippen LogP contribution >= 0.6 is 22.9 Å². The summed E-state index contributed by atoms with van der Waals surface area (Å²) in [5.74, 6) is 0.910. The lowest BCUT2D eigenvalue weighted by Crippen LogP contribution is -2.41. The highest BCUT2D eigenvalue weighted by atomic mass is 35.5. The Bertz CT molecular complexity index is 1300. The molecule has 0 saturated carbocycles. The third-order valence-corrected chi connectivity index (χ3v) is 7.45. The molecule has 6 rings (SSSR count). The molecule has 1 saturated heterocycles. The molecule has 166 valence electrons. The first-order chi connectivity index (χ1) is 16.2. The number of anilines is 1. The van der Waals surface area contributed by atoms with Gasteiger partial charge in [-0.15, -0.1) is 0 Å². The van der Waals surface area contributed by atoms with Crippen LogP contribution in [0.15, 0.2) is 66.7 Å². The van der Waals surface area contributed by atoms with Crippen molar-refractivity contribution in [2.45, 2.75) is 24.9 Å². The molecule has 3 heterocycles. The molecule has 0 spiro atoms. The fourth-order valence-corrected chi connectivity index (χ4v) is 5.84. The number of benzene rings is 3. The summed E-state index contributed by atoms with van der Waals surface area (Å²) in [5, 5.41) is 1.32. The molecule has 1 unspecified atom stereocenters. The maximum Gasteiger partial charge on any atom is 0.241 e. The van der Waals surface area contributed by atoms with Gasteiger partial charge in [0.05, 0.1) is 28.8 Å². The molecule has 7 heteroatoms. The van der Waals surface area contributed by atoms with Gasteiger partial charge in [-0.1, -0.05) is 59.3 Å². The molecule has 2 aliphatic rings. The minimum atomic E-state index is -0.483. The van der Waals surface area contributed by atoms with Crippen LogP contribution < -0.4 is 9.64 Å². The Kier molecular flexibility index (Phi) is 5.29. The second kappa shape index (κ2) is 8.45. The zero-order valence-electron chi connectivity index (χ0n) is 17.7. The molecule has 1 amide bonds. The molecular formula is C26H21ClN2O3S. The Morgan fingerprint density at radius 3 is 2.48 bits per heavy atom. The van der Waals surface area contributed by atoms with Gasteiger partial charge < -0.3 is 9.47 Å². The first-order valence-corrected chi connectivity index (χ1v) is 12.2. The maximum atomic E-state index is 14.3. The molecule has 0 bridgehead atoms. The van der Waals surface area contributed by atoms with Gasteiger partial charge in [0.1, 0.15) is 11.5 Å². The summed E-state index contributed by atoms with van der Waals surface area (Å²) in [6, 6.07) is 21.1.